The number of alkyl halides is 1. The van der Waals surface area contributed by atoms with Crippen molar-refractivity contribution in [2.24, 2.45) is 0 Å². The van der Waals surface area contributed by atoms with E-state index in [0.717, 1.165) is 14.0 Å². The topological polar surface area (TPSA) is 61.8 Å². The van der Waals surface area contributed by atoms with Crippen molar-refractivity contribution in [1.82, 2.24) is 0 Å². The second-order valence-corrected chi connectivity index (χ2v) is 3.19. The van der Waals surface area contributed by atoms with Gasteiger partial charge in [-0.15, -0.1) is 0 Å². The van der Waals surface area contributed by atoms with E-state index in [1.165, 1.54) is 0 Å². The Hall–Kier alpha value is -1.33. The SMILES string of the molecule is COC(=O)OC[C@@H]1CC(C)(F)C(=O)O1. The molecule has 1 heterocycles. The van der Waals surface area contributed by atoms with E-state index in [4.69, 9.17) is 0 Å². The van der Waals surface area contributed by atoms with Gasteiger partial charge >= 0.3 is 12.1 Å². The molecule has 14 heavy (non-hydrogen) atoms. The minimum absolute atomic E-state index is 0.108. The van der Waals surface area contributed by atoms with Gasteiger partial charge in [-0.25, -0.2) is 14.0 Å². The number of methoxy groups -OCH3 is 1. The van der Waals surface area contributed by atoms with E-state index in [1.807, 2.05) is 0 Å². The average Bonchev–Trinajstić information content (AvgIpc) is 2.37. The molecule has 0 saturated carbocycles. The Balaban J connectivity index is 2.36. The summed E-state index contributed by atoms with van der Waals surface area (Å²) >= 11 is 0. The summed E-state index contributed by atoms with van der Waals surface area (Å²) in [5.74, 6) is -0.920. The number of halogens is 1. The van der Waals surface area contributed by atoms with Crippen LogP contribution in [0.3, 0.4) is 0 Å². The average molecular weight is 206 g/mol. The summed E-state index contributed by atoms with van der Waals surface area (Å²) < 4.78 is 26.5. The fraction of sp³-hybridized carbons (Fsp3) is 0.750. The predicted octanol–water partition coefficient (Wildman–Crippen LogP) is 0.813. The first-order chi connectivity index (χ1) is 6.45. The Morgan fingerprint density at radius 3 is 2.86 bits per heavy atom. The van der Waals surface area contributed by atoms with Crippen LogP contribution >= 0.6 is 0 Å². The zero-order chi connectivity index (χ0) is 10.8. The van der Waals surface area contributed by atoms with Gasteiger partial charge in [0.05, 0.1) is 7.11 Å². The first-order valence-electron chi connectivity index (χ1n) is 4.06. The monoisotopic (exact) mass is 206 g/mol. The van der Waals surface area contributed by atoms with Gasteiger partial charge in [0, 0.05) is 6.42 Å². The molecule has 2 atom stereocenters. The number of ether oxygens (including phenoxy) is 3. The first-order valence-corrected chi connectivity index (χ1v) is 4.06. The molecule has 0 radical (unpaired) electrons. The zero-order valence-electron chi connectivity index (χ0n) is 7.91. The maximum Gasteiger partial charge on any atom is 0.508 e. The van der Waals surface area contributed by atoms with Gasteiger partial charge in [0.1, 0.15) is 12.7 Å². The molecule has 1 rings (SSSR count). The summed E-state index contributed by atoms with van der Waals surface area (Å²) in [5.41, 5.74) is -1.98. The highest BCUT2D eigenvalue weighted by molar-refractivity contribution is 5.81. The van der Waals surface area contributed by atoms with Gasteiger partial charge in [-0.1, -0.05) is 0 Å². The molecule has 0 spiro atoms. The molecule has 1 unspecified atom stereocenters. The van der Waals surface area contributed by atoms with Crippen LogP contribution in [-0.2, 0) is 19.0 Å². The number of hydrogen-bond acceptors (Lipinski definition) is 5. The van der Waals surface area contributed by atoms with Crippen LogP contribution < -0.4 is 0 Å². The summed E-state index contributed by atoms with van der Waals surface area (Å²) in [4.78, 5) is 21.4. The molecule has 6 heteroatoms. The minimum Gasteiger partial charge on any atom is -0.456 e. The molecule has 80 valence electrons. The third-order valence-corrected chi connectivity index (χ3v) is 1.86. The summed E-state index contributed by atoms with van der Waals surface area (Å²) in [7, 11) is 1.16. The third-order valence-electron chi connectivity index (χ3n) is 1.86. The van der Waals surface area contributed by atoms with Crippen LogP contribution in [0.2, 0.25) is 0 Å². The number of esters is 1. The molecule has 1 saturated heterocycles. The third kappa shape index (κ3) is 2.34. The first kappa shape index (κ1) is 10.7. The molecule has 0 aromatic rings. The molecule has 0 amide bonds. The molecule has 0 N–H and O–H groups in total. The van der Waals surface area contributed by atoms with E-state index in [9.17, 15) is 14.0 Å². The quantitative estimate of drug-likeness (QED) is 0.626. The summed E-state index contributed by atoms with van der Waals surface area (Å²) in [6.07, 6.45) is -1.71. The number of rotatable bonds is 2. The Labute approximate surface area is 80.1 Å². The maximum atomic E-state index is 13.2. The lowest BCUT2D eigenvalue weighted by Crippen LogP contribution is -2.23. The summed E-state index contributed by atoms with van der Waals surface area (Å²) in [6, 6.07) is 0. The van der Waals surface area contributed by atoms with Crippen molar-refractivity contribution in [2.75, 3.05) is 13.7 Å². The van der Waals surface area contributed by atoms with Crippen molar-refractivity contribution in [3.63, 3.8) is 0 Å². The van der Waals surface area contributed by atoms with E-state index < -0.39 is 23.9 Å². The Morgan fingerprint density at radius 2 is 2.43 bits per heavy atom. The largest absolute Gasteiger partial charge is 0.508 e. The highest BCUT2D eigenvalue weighted by Crippen LogP contribution is 2.28. The van der Waals surface area contributed by atoms with Crippen molar-refractivity contribution in [1.29, 1.82) is 0 Å². The van der Waals surface area contributed by atoms with Gasteiger partial charge in [0.15, 0.2) is 0 Å². The fourth-order valence-electron chi connectivity index (χ4n) is 1.14. The van der Waals surface area contributed by atoms with E-state index >= 15 is 0 Å². The second kappa shape index (κ2) is 3.81. The van der Waals surface area contributed by atoms with Crippen molar-refractivity contribution >= 4 is 12.1 Å². The maximum absolute atomic E-state index is 13.2. The Bertz CT molecular complexity index is 250. The van der Waals surface area contributed by atoms with Crippen molar-refractivity contribution < 1.29 is 28.2 Å². The molecule has 1 aliphatic rings. The van der Waals surface area contributed by atoms with Crippen LogP contribution in [0.15, 0.2) is 0 Å². The molecule has 0 aliphatic carbocycles. The van der Waals surface area contributed by atoms with Crippen LogP contribution in [0, 0.1) is 0 Å². The number of carbonyl (C=O) groups excluding carboxylic acids is 2. The van der Waals surface area contributed by atoms with Crippen molar-refractivity contribution in [3.8, 4) is 0 Å². The molecule has 0 aromatic carbocycles. The van der Waals surface area contributed by atoms with Crippen LogP contribution in [0.4, 0.5) is 9.18 Å². The lowest BCUT2D eigenvalue weighted by molar-refractivity contribution is -0.150. The highest BCUT2D eigenvalue weighted by Gasteiger charge is 2.46. The molecule has 1 fully saturated rings. The lowest BCUT2D eigenvalue weighted by Gasteiger charge is -2.08. The molecular weight excluding hydrogens is 195 g/mol. The normalized spacial score (nSPS) is 31.1. The van der Waals surface area contributed by atoms with Crippen LogP contribution in [0.1, 0.15) is 13.3 Å². The fourth-order valence-corrected chi connectivity index (χ4v) is 1.14. The molecule has 0 bridgehead atoms. The molecule has 1 aliphatic heterocycles. The molecule has 0 aromatic heterocycles. The number of cyclic esters (lactones) is 1. The van der Waals surface area contributed by atoms with Crippen molar-refractivity contribution in [2.45, 2.75) is 25.1 Å². The second-order valence-electron chi connectivity index (χ2n) is 3.19. The predicted molar refractivity (Wildman–Crippen MR) is 42.4 cm³/mol. The number of hydrogen-bond donors (Lipinski definition) is 0. The molecule has 5 nitrogen and oxygen atoms in total. The summed E-state index contributed by atoms with van der Waals surface area (Å²) in [5, 5.41) is 0. The zero-order valence-corrected chi connectivity index (χ0v) is 7.91. The Morgan fingerprint density at radius 1 is 1.79 bits per heavy atom. The van der Waals surface area contributed by atoms with Gasteiger partial charge in [-0.2, -0.15) is 0 Å². The van der Waals surface area contributed by atoms with Crippen molar-refractivity contribution in [3.05, 3.63) is 0 Å². The highest BCUT2D eigenvalue weighted by atomic mass is 19.1. The van der Waals surface area contributed by atoms with E-state index in [0.29, 0.717) is 0 Å². The van der Waals surface area contributed by atoms with E-state index in [2.05, 4.69) is 14.2 Å². The van der Waals surface area contributed by atoms with Gasteiger partial charge < -0.3 is 14.2 Å². The minimum atomic E-state index is -1.98. The van der Waals surface area contributed by atoms with Crippen LogP contribution in [0.5, 0.6) is 0 Å². The van der Waals surface area contributed by atoms with Gasteiger partial charge in [-0.3, -0.25) is 0 Å². The molecular formula is C8H11FO5. The Kier molecular flexibility index (Phi) is 2.93. The van der Waals surface area contributed by atoms with Gasteiger partial charge in [-0.05, 0) is 6.92 Å². The van der Waals surface area contributed by atoms with E-state index in [1.54, 1.807) is 0 Å². The lowest BCUT2D eigenvalue weighted by atomic mass is 10.1. The number of carbonyl (C=O) groups is 2. The standard InChI is InChI=1S/C8H11FO5/c1-8(9)3-5(14-6(8)10)4-13-7(11)12-2/h5H,3-4H2,1-2H3/t5-,8?/m0/s1. The summed E-state index contributed by atoms with van der Waals surface area (Å²) in [6.45, 7) is 0.950. The smallest absolute Gasteiger partial charge is 0.456 e. The van der Waals surface area contributed by atoms with Crippen LogP contribution in [-0.4, -0.2) is 37.6 Å². The van der Waals surface area contributed by atoms with Gasteiger partial charge in [0.25, 0.3) is 0 Å². The van der Waals surface area contributed by atoms with Crippen LogP contribution in [0.25, 0.3) is 0 Å². The van der Waals surface area contributed by atoms with Gasteiger partial charge in [0.2, 0.25) is 5.67 Å². The van der Waals surface area contributed by atoms with E-state index in [-0.39, 0.29) is 13.0 Å².